The molecule has 29 heavy (non-hydrogen) atoms. The fraction of sp³-hybridized carbons (Fsp3) is 0.619. The standard InChI is InChI=1S/C21H30N2O5S/c1-2-28-21(25)17-8-10-19(11-9-17)29(26,27)22-18-12-14-23(15-13-18)20(24)16-6-4-3-5-7-16/h8-11,16,18,22H,2-7,12-15H2,1H3. The molecule has 0 atom stereocenters. The van der Waals surface area contributed by atoms with Gasteiger partial charge in [0.15, 0.2) is 0 Å². The van der Waals surface area contributed by atoms with Crippen LogP contribution in [0.5, 0.6) is 0 Å². The number of likely N-dealkylation sites (tertiary alicyclic amines) is 1. The smallest absolute Gasteiger partial charge is 0.338 e. The summed E-state index contributed by atoms with van der Waals surface area (Å²) in [6.07, 6.45) is 6.65. The molecule has 160 valence electrons. The van der Waals surface area contributed by atoms with Crippen LogP contribution in [-0.4, -0.2) is 50.9 Å². The van der Waals surface area contributed by atoms with Gasteiger partial charge in [0.1, 0.15) is 0 Å². The van der Waals surface area contributed by atoms with Crippen molar-refractivity contribution >= 4 is 21.9 Å². The predicted molar refractivity (Wildman–Crippen MR) is 109 cm³/mol. The largest absolute Gasteiger partial charge is 0.462 e. The highest BCUT2D eigenvalue weighted by Gasteiger charge is 2.30. The average molecular weight is 423 g/mol. The number of carbonyl (C=O) groups is 2. The molecule has 1 aromatic rings. The first kappa shape index (κ1) is 21.8. The molecule has 0 aromatic heterocycles. The van der Waals surface area contributed by atoms with Crippen LogP contribution in [0, 0.1) is 5.92 Å². The third-order valence-electron chi connectivity index (χ3n) is 5.76. The van der Waals surface area contributed by atoms with E-state index < -0.39 is 16.0 Å². The van der Waals surface area contributed by atoms with E-state index in [1.165, 1.54) is 30.7 Å². The van der Waals surface area contributed by atoms with E-state index in [1.54, 1.807) is 6.92 Å². The number of hydrogen-bond donors (Lipinski definition) is 1. The molecule has 8 heteroatoms. The minimum atomic E-state index is -3.68. The lowest BCUT2D eigenvalue weighted by atomic mass is 9.87. The number of sulfonamides is 1. The number of piperidine rings is 1. The van der Waals surface area contributed by atoms with Crippen LogP contribution in [-0.2, 0) is 19.6 Å². The normalized spacial score (nSPS) is 19.1. The van der Waals surface area contributed by atoms with Crippen molar-refractivity contribution < 1.29 is 22.7 Å². The number of rotatable bonds is 6. The van der Waals surface area contributed by atoms with Gasteiger partial charge in [-0.1, -0.05) is 19.3 Å². The van der Waals surface area contributed by atoms with Crippen LogP contribution in [0.15, 0.2) is 29.2 Å². The number of nitrogens with one attached hydrogen (secondary N) is 1. The van der Waals surface area contributed by atoms with E-state index in [0.717, 1.165) is 25.7 Å². The Labute approximate surface area is 172 Å². The van der Waals surface area contributed by atoms with E-state index in [4.69, 9.17) is 4.74 Å². The van der Waals surface area contributed by atoms with Crippen molar-refractivity contribution in [1.29, 1.82) is 0 Å². The lowest BCUT2D eigenvalue weighted by molar-refractivity contribution is -0.137. The number of hydrogen-bond acceptors (Lipinski definition) is 5. The summed E-state index contributed by atoms with van der Waals surface area (Å²) in [5.41, 5.74) is 0.320. The number of nitrogens with zero attached hydrogens (tertiary/aromatic N) is 1. The molecular weight excluding hydrogens is 392 g/mol. The number of carbonyl (C=O) groups excluding carboxylic acids is 2. The molecule has 1 aromatic carbocycles. The first-order valence-electron chi connectivity index (χ1n) is 10.5. The van der Waals surface area contributed by atoms with Crippen LogP contribution in [0.4, 0.5) is 0 Å². The molecule has 1 saturated carbocycles. The Morgan fingerprint density at radius 1 is 1.03 bits per heavy atom. The lowest BCUT2D eigenvalue weighted by Gasteiger charge is -2.35. The van der Waals surface area contributed by atoms with Crippen molar-refractivity contribution in [3.8, 4) is 0 Å². The van der Waals surface area contributed by atoms with Crippen LogP contribution >= 0.6 is 0 Å². The van der Waals surface area contributed by atoms with Gasteiger partial charge < -0.3 is 9.64 Å². The van der Waals surface area contributed by atoms with Crippen molar-refractivity contribution in [2.24, 2.45) is 5.92 Å². The maximum atomic E-state index is 12.7. The van der Waals surface area contributed by atoms with Crippen molar-refractivity contribution in [1.82, 2.24) is 9.62 Å². The summed E-state index contributed by atoms with van der Waals surface area (Å²) in [6.45, 7) is 3.16. The molecule has 1 amide bonds. The van der Waals surface area contributed by atoms with Crippen molar-refractivity contribution in [3.05, 3.63) is 29.8 Å². The molecule has 1 aliphatic heterocycles. The maximum Gasteiger partial charge on any atom is 0.338 e. The van der Waals surface area contributed by atoms with Gasteiger partial charge in [-0.25, -0.2) is 17.9 Å². The topological polar surface area (TPSA) is 92.8 Å². The van der Waals surface area contributed by atoms with Crippen molar-refractivity contribution in [2.75, 3.05) is 19.7 Å². The fourth-order valence-corrected chi connectivity index (χ4v) is 5.40. The van der Waals surface area contributed by atoms with Crippen LogP contribution < -0.4 is 4.72 Å². The summed E-state index contributed by atoms with van der Waals surface area (Å²) >= 11 is 0. The molecule has 0 radical (unpaired) electrons. The van der Waals surface area contributed by atoms with Gasteiger partial charge in [0.2, 0.25) is 15.9 Å². The highest BCUT2D eigenvalue weighted by molar-refractivity contribution is 7.89. The second-order valence-corrected chi connectivity index (χ2v) is 9.51. The maximum absolute atomic E-state index is 12.7. The van der Waals surface area contributed by atoms with Gasteiger partial charge in [-0.15, -0.1) is 0 Å². The first-order valence-corrected chi connectivity index (χ1v) is 12.0. The predicted octanol–water partition coefficient (Wildman–Crippen LogP) is 2.71. The molecule has 1 heterocycles. The molecule has 0 spiro atoms. The summed E-state index contributed by atoms with van der Waals surface area (Å²) < 4.78 is 33.0. The molecule has 7 nitrogen and oxygen atoms in total. The Balaban J connectivity index is 1.53. The Morgan fingerprint density at radius 2 is 1.66 bits per heavy atom. The molecular formula is C21H30N2O5S. The molecule has 2 fully saturated rings. The van der Waals surface area contributed by atoms with Crippen LogP contribution in [0.1, 0.15) is 62.2 Å². The Bertz CT molecular complexity index is 808. The quantitative estimate of drug-likeness (QED) is 0.712. The molecule has 0 unspecified atom stereocenters. The van der Waals surface area contributed by atoms with Crippen LogP contribution in [0.25, 0.3) is 0 Å². The Morgan fingerprint density at radius 3 is 2.24 bits per heavy atom. The molecule has 1 saturated heterocycles. The van der Waals surface area contributed by atoms with Gasteiger partial charge in [0.25, 0.3) is 0 Å². The van der Waals surface area contributed by atoms with E-state index in [2.05, 4.69) is 4.72 Å². The van der Waals surface area contributed by atoms with Gasteiger partial charge >= 0.3 is 5.97 Å². The zero-order chi connectivity index (χ0) is 20.9. The zero-order valence-electron chi connectivity index (χ0n) is 16.9. The van der Waals surface area contributed by atoms with E-state index in [9.17, 15) is 18.0 Å². The number of ether oxygens (including phenoxy) is 1. The summed E-state index contributed by atoms with van der Waals surface area (Å²) in [6, 6.07) is 5.54. The van der Waals surface area contributed by atoms with E-state index in [-0.39, 0.29) is 29.4 Å². The Hall–Kier alpha value is -1.93. The van der Waals surface area contributed by atoms with Crippen LogP contribution in [0.3, 0.4) is 0 Å². The van der Waals surface area contributed by atoms with Gasteiger partial charge in [0.05, 0.1) is 17.1 Å². The highest BCUT2D eigenvalue weighted by Crippen LogP contribution is 2.27. The highest BCUT2D eigenvalue weighted by atomic mass is 32.2. The average Bonchev–Trinajstić information content (AvgIpc) is 2.74. The second kappa shape index (κ2) is 9.71. The third-order valence-corrected chi connectivity index (χ3v) is 7.30. The fourth-order valence-electron chi connectivity index (χ4n) is 4.10. The zero-order valence-corrected chi connectivity index (χ0v) is 17.7. The van der Waals surface area contributed by atoms with Crippen LogP contribution in [0.2, 0.25) is 0 Å². The van der Waals surface area contributed by atoms with Gasteiger partial charge in [-0.05, 0) is 56.9 Å². The van der Waals surface area contributed by atoms with E-state index in [0.29, 0.717) is 31.5 Å². The lowest BCUT2D eigenvalue weighted by Crippen LogP contribution is -2.48. The van der Waals surface area contributed by atoms with Gasteiger partial charge in [-0.2, -0.15) is 0 Å². The van der Waals surface area contributed by atoms with Gasteiger partial charge in [0, 0.05) is 25.0 Å². The summed E-state index contributed by atoms with van der Waals surface area (Å²) in [7, 11) is -3.68. The minimum Gasteiger partial charge on any atom is -0.462 e. The van der Waals surface area contributed by atoms with Crippen molar-refractivity contribution in [2.45, 2.75) is 62.8 Å². The second-order valence-electron chi connectivity index (χ2n) is 7.80. The summed E-state index contributed by atoms with van der Waals surface area (Å²) in [5.74, 6) is -0.0881. The molecule has 2 aliphatic rings. The van der Waals surface area contributed by atoms with Gasteiger partial charge in [-0.3, -0.25) is 4.79 Å². The number of esters is 1. The molecule has 0 bridgehead atoms. The van der Waals surface area contributed by atoms with E-state index in [1.807, 2.05) is 4.90 Å². The monoisotopic (exact) mass is 422 g/mol. The summed E-state index contributed by atoms with van der Waals surface area (Å²) in [4.78, 5) is 26.4. The third kappa shape index (κ3) is 5.57. The minimum absolute atomic E-state index is 0.117. The number of benzene rings is 1. The van der Waals surface area contributed by atoms with Crippen molar-refractivity contribution in [3.63, 3.8) is 0 Å². The SMILES string of the molecule is CCOC(=O)c1ccc(S(=O)(=O)NC2CCN(C(=O)C3CCCCC3)CC2)cc1. The van der Waals surface area contributed by atoms with E-state index >= 15 is 0 Å². The first-order chi connectivity index (χ1) is 13.9. The summed E-state index contributed by atoms with van der Waals surface area (Å²) in [5, 5.41) is 0. The molecule has 1 N–H and O–H groups in total. The Kier molecular flexibility index (Phi) is 7.29. The number of amides is 1. The molecule has 3 rings (SSSR count). The molecule has 1 aliphatic carbocycles.